The van der Waals surface area contributed by atoms with Gasteiger partial charge >= 0.3 is 6.09 Å². The van der Waals surface area contributed by atoms with Gasteiger partial charge in [0.25, 0.3) is 0 Å². The van der Waals surface area contributed by atoms with Crippen molar-refractivity contribution < 1.29 is 38.0 Å². The van der Waals surface area contributed by atoms with E-state index >= 15 is 0 Å². The van der Waals surface area contributed by atoms with E-state index in [1.54, 1.807) is 26.2 Å². The molecule has 1 fully saturated rings. The molecular weight excluding hydrogens is 610 g/mol. The summed E-state index contributed by atoms with van der Waals surface area (Å²) < 4.78 is 41.1. The number of hydrogen-bond donors (Lipinski definition) is 0. The lowest BCUT2D eigenvalue weighted by Crippen LogP contribution is -2.48. The fourth-order valence-corrected chi connectivity index (χ4v) is 5.98. The number of piperidine rings is 1. The number of carbonyl (C=O) groups excluding carboxylic acids is 1. The molecule has 1 aliphatic rings. The Morgan fingerprint density at radius 1 is 0.792 bits per heavy atom. The first-order valence-electron chi connectivity index (χ1n) is 16.4. The van der Waals surface area contributed by atoms with Gasteiger partial charge in [-0.1, -0.05) is 42.5 Å². The minimum atomic E-state index is -0.587. The van der Waals surface area contributed by atoms with Crippen LogP contribution in [0.5, 0.6) is 28.7 Å². The van der Waals surface area contributed by atoms with E-state index in [4.69, 9.17) is 33.2 Å². The average Bonchev–Trinajstić information content (AvgIpc) is 3.09. The van der Waals surface area contributed by atoms with Crippen LogP contribution in [-0.2, 0) is 16.1 Å². The van der Waals surface area contributed by atoms with Crippen molar-refractivity contribution in [3.05, 3.63) is 90.0 Å². The zero-order chi connectivity index (χ0) is 34.1. The monoisotopic (exact) mass is 657 g/mol. The number of benzene rings is 4. The maximum Gasteiger partial charge on any atom is 0.410 e. The summed E-state index contributed by atoms with van der Waals surface area (Å²) in [5.74, 6) is 3.88. The number of fused-ring (bicyclic) bond motifs is 1. The third-order valence-electron chi connectivity index (χ3n) is 8.30. The predicted molar refractivity (Wildman–Crippen MR) is 186 cm³/mol. The second-order valence-electron chi connectivity index (χ2n) is 12.8. The van der Waals surface area contributed by atoms with Gasteiger partial charge in [-0.05, 0) is 63.1 Å². The minimum Gasteiger partial charge on any atom is -0.497 e. The normalized spacial score (nSPS) is 16.3. The van der Waals surface area contributed by atoms with Crippen LogP contribution in [0.2, 0.25) is 0 Å². The maximum absolute atomic E-state index is 13.1. The maximum atomic E-state index is 13.1. The van der Waals surface area contributed by atoms with Crippen LogP contribution in [0.25, 0.3) is 10.8 Å². The van der Waals surface area contributed by atoms with Crippen molar-refractivity contribution in [3.8, 4) is 28.7 Å². The van der Waals surface area contributed by atoms with Crippen LogP contribution in [0, 0.1) is 0 Å². The van der Waals surface area contributed by atoms with E-state index in [0.717, 1.165) is 63.5 Å². The van der Waals surface area contributed by atoms with Crippen LogP contribution < -0.4 is 23.7 Å². The zero-order valence-corrected chi connectivity index (χ0v) is 28.8. The number of amides is 1. The van der Waals surface area contributed by atoms with Gasteiger partial charge in [-0.15, -0.1) is 0 Å². The number of nitrogens with zero attached hydrogens (tertiary/aromatic N) is 1. The van der Waals surface area contributed by atoms with Gasteiger partial charge in [-0.2, -0.15) is 0 Å². The summed E-state index contributed by atoms with van der Waals surface area (Å²) in [6.07, 6.45) is 0.845. The zero-order valence-electron chi connectivity index (χ0n) is 28.8. The Kier molecular flexibility index (Phi) is 11.5. The second kappa shape index (κ2) is 16.0. The summed E-state index contributed by atoms with van der Waals surface area (Å²) in [4.78, 5) is 14.8. The molecular formula is C39H47NO8. The van der Waals surface area contributed by atoms with E-state index in [1.807, 2.05) is 87.5 Å². The van der Waals surface area contributed by atoms with Gasteiger partial charge < -0.3 is 38.1 Å². The van der Waals surface area contributed by atoms with Crippen LogP contribution in [-0.4, -0.2) is 70.3 Å². The molecule has 0 bridgehead atoms. The Morgan fingerprint density at radius 3 is 2.19 bits per heavy atom. The first-order valence-corrected chi connectivity index (χ1v) is 16.4. The van der Waals surface area contributed by atoms with Gasteiger partial charge in [0.15, 0.2) is 0 Å². The Morgan fingerprint density at radius 2 is 1.50 bits per heavy atom. The van der Waals surface area contributed by atoms with E-state index in [1.165, 1.54) is 0 Å². The molecule has 1 heterocycles. The van der Waals surface area contributed by atoms with Gasteiger partial charge in [0.1, 0.15) is 34.3 Å². The molecule has 9 heteroatoms. The van der Waals surface area contributed by atoms with Gasteiger partial charge in [0, 0.05) is 41.3 Å². The van der Waals surface area contributed by atoms with Gasteiger partial charge in [-0.3, -0.25) is 0 Å². The standard InChI is InChI=1S/C39H47NO8/c1-39(2,3)48-38(41)40-20-19-32(27-15-17-29(18-16-27)45-21-10-22-46-31-12-9-11-30(24-31)42-4)36(25-40)47-26-28-23-35(43-5)33-13-7-8-14-34(33)37(28)44-6/h7-9,11-18,23-24,32,36H,10,19-22,25-26H2,1-6H3. The van der Waals surface area contributed by atoms with E-state index in [0.29, 0.717) is 26.3 Å². The summed E-state index contributed by atoms with van der Waals surface area (Å²) in [7, 11) is 4.97. The Hall–Kier alpha value is -4.63. The fourth-order valence-electron chi connectivity index (χ4n) is 5.98. The van der Waals surface area contributed by atoms with Gasteiger partial charge in [-0.25, -0.2) is 4.79 Å². The molecule has 2 atom stereocenters. The number of ether oxygens (including phenoxy) is 7. The number of likely N-dealkylation sites (tertiary alicyclic amines) is 1. The Bertz CT molecular complexity index is 1650. The first-order chi connectivity index (χ1) is 23.2. The largest absolute Gasteiger partial charge is 0.497 e. The number of hydrogen-bond acceptors (Lipinski definition) is 8. The Labute approximate surface area is 283 Å². The molecule has 1 saturated heterocycles. The molecule has 5 rings (SSSR count). The lowest BCUT2D eigenvalue weighted by molar-refractivity contribution is -0.0363. The fraction of sp³-hybridized carbons (Fsp3) is 0.410. The summed E-state index contributed by atoms with van der Waals surface area (Å²) in [5.41, 5.74) is 1.41. The molecule has 0 aliphatic carbocycles. The average molecular weight is 658 g/mol. The summed E-state index contributed by atoms with van der Waals surface area (Å²) in [6.45, 7) is 7.95. The SMILES string of the molecule is COc1cccc(OCCCOc2ccc(C3CCN(C(=O)OC(C)(C)C)CC3OCc3cc(OC)c4ccccc4c3OC)cc2)c1. The Balaban J connectivity index is 1.26. The highest BCUT2D eigenvalue weighted by Gasteiger charge is 2.35. The number of carbonyl (C=O) groups is 1. The van der Waals surface area contributed by atoms with Crippen LogP contribution in [0.3, 0.4) is 0 Å². The molecule has 0 spiro atoms. The minimum absolute atomic E-state index is 0.0577. The van der Waals surface area contributed by atoms with E-state index in [9.17, 15) is 4.79 Å². The second-order valence-corrected chi connectivity index (χ2v) is 12.8. The van der Waals surface area contributed by atoms with Gasteiger partial charge in [0.2, 0.25) is 0 Å². The predicted octanol–water partition coefficient (Wildman–Crippen LogP) is 8.02. The molecule has 1 aliphatic heterocycles. The number of methoxy groups -OCH3 is 3. The number of rotatable bonds is 13. The molecule has 1 amide bonds. The molecule has 48 heavy (non-hydrogen) atoms. The first kappa shape index (κ1) is 34.7. The highest BCUT2D eigenvalue weighted by molar-refractivity contribution is 5.94. The summed E-state index contributed by atoms with van der Waals surface area (Å²) >= 11 is 0. The van der Waals surface area contributed by atoms with Crippen LogP contribution in [0.1, 0.15) is 50.7 Å². The smallest absolute Gasteiger partial charge is 0.410 e. The van der Waals surface area contributed by atoms with Crippen molar-refractivity contribution in [3.63, 3.8) is 0 Å². The van der Waals surface area contributed by atoms with Gasteiger partial charge in [0.05, 0.1) is 53.8 Å². The quantitative estimate of drug-likeness (QED) is 0.134. The highest BCUT2D eigenvalue weighted by atomic mass is 16.6. The van der Waals surface area contributed by atoms with E-state index in [-0.39, 0.29) is 24.7 Å². The topological polar surface area (TPSA) is 84.9 Å². The van der Waals surface area contributed by atoms with E-state index < -0.39 is 5.60 Å². The third kappa shape index (κ3) is 8.83. The van der Waals surface area contributed by atoms with Crippen molar-refractivity contribution in [2.24, 2.45) is 0 Å². The molecule has 0 N–H and O–H groups in total. The molecule has 4 aromatic carbocycles. The van der Waals surface area contributed by atoms with Crippen molar-refractivity contribution in [1.82, 2.24) is 4.90 Å². The molecule has 2 unspecified atom stereocenters. The van der Waals surface area contributed by atoms with Crippen molar-refractivity contribution in [2.45, 2.75) is 57.8 Å². The lowest BCUT2D eigenvalue weighted by atomic mass is 9.87. The van der Waals surface area contributed by atoms with Crippen molar-refractivity contribution >= 4 is 16.9 Å². The van der Waals surface area contributed by atoms with Crippen LogP contribution in [0.4, 0.5) is 4.79 Å². The molecule has 9 nitrogen and oxygen atoms in total. The molecule has 256 valence electrons. The highest BCUT2D eigenvalue weighted by Crippen LogP contribution is 2.38. The van der Waals surface area contributed by atoms with E-state index in [2.05, 4.69) is 12.1 Å². The lowest BCUT2D eigenvalue weighted by Gasteiger charge is -2.39. The molecule has 0 aromatic heterocycles. The van der Waals surface area contributed by atoms with Crippen LogP contribution in [0.15, 0.2) is 78.9 Å². The molecule has 4 aromatic rings. The third-order valence-corrected chi connectivity index (χ3v) is 8.30. The molecule has 0 radical (unpaired) electrons. The summed E-state index contributed by atoms with van der Waals surface area (Å²) in [6, 6.07) is 25.7. The van der Waals surface area contributed by atoms with Crippen LogP contribution >= 0.6 is 0 Å². The van der Waals surface area contributed by atoms with Crippen molar-refractivity contribution in [1.29, 1.82) is 0 Å². The van der Waals surface area contributed by atoms with Crippen molar-refractivity contribution in [2.75, 3.05) is 47.6 Å². The summed E-state index contributed by atoms with van der Waals surface area (Å²) in [5, 5.41) is 1.93. The molecule has 0 saturated carbocycles.